The molecule has 3 rings (SSSR count). The molecule has 1 heterocycles. The van der Waals surface area contributed by atoms with E-state index in [4.69, 9.17) is 0 Å². The third-order valence-electron chi connectivity index (χ3n) is 4.80. The predicted octanol–water partition coefficient (Wildman–Crippen LogP) is 0.993. The summed E-state index contributed by atoms with van der Waals surface area (Å²) >= 11 is 0. The molecule has 138 valence electrons. The van der Waals surface area contributed by atoms with Crippen LogP contribution in [0.4, 0.5) is 5.69 Å². The molecule has 0 aliphatic carbocycles. The van der Waals surface area contributed by atoms with Gasteiger partial charge in [-0.3, -0.25) is 10.1 Å². The summed E-state index contributed by atoms with van der Waals surface area (Å²) in [6, 6.07) is 13.5. The summed E-state index contributed by atoms with van der Waals surface area (Å²) in [4.78, 5) is 11.6. The maximum Gasteiger partial charge on any atom is 0.270 e. The number of sulfonamides is 1. The number of benzene rings is 2. The van der Waals surface area contributed by atoms with Crippen molar-refractivity contribution in [3.05, 3.63) is 69.8 Å². The maximum absolute atomic E-state index is 12.8. The first kappa shape index (κ1) is 18.5. The van der Waals surface area contributed by atoms with Gasteiger partial charge in [-0.1, -0.05) is 30.3 Å². The first-order valence-electron chi connectivity index (χ1n) is 8.50. The number of non-ortho nitro benzene ring substituents is 1. The minimum absolute atomic E-state index is 0.0194. The number of hydrogen-bond donors (Lipinski definition) is 1. The topological polar surface area (TPSA) is 85.0 Å². The summed E-state index contributed by atoms with van der Waals surface area (Å²) in [5, 5.41) is 10.9. The molecule has 0 amide bonds. The monoisotopic (exact) mass is 376 g/mol. The molecule has 0 unspecified atom stereocenters. The van der Waals surface area contributed by atoms with Gasteiger partial charge in [0, 0.05) is 17.7 Å². The molecule has 1 aliphatic rings. The number of nitrogens with one attached hydrogen (secondary N) is 1. The summed E-state index contributed by atoms with van der Waals surface area (Å²) in [6.07, 6.45) is 0. The van der Waals surface area contributed by atoms with Gasteiger partial charge in [-0.15, -0.1) is 0 Å². The normalized spacial score (nSPS) is 16.5. The molecule has 26 heavy (non-hydrogen) atoms. The lowest BCUT2D eigenvalue weighted by Crippen LogP contribution is -3.13. The van der Waals surface area contributed by atoms with E-state index in [0.29, 0.717) is 26.2 Å². The van der Waals surface area contributed by atoms with Crippen LogP contribution in [-0.2, 0) is 16.6 Å². The summed E-state index contributed by atoms with van der Waals surface area (Å²) in [5.41, 5.74) is 2.30. The molecule has 0 bridgehead atoms. The maximum atomic E-state index is 12.8. The molecule has 1 aliphatic heterocycles. The van der Waals surface area contributed by atoms with E-state index in [9.17, 15) is 18.5 Å². The second-order valence-electron chi connectivity index (χ2n) is 6.51. The van der Waals surface area contributed by atoms with E-state index < -0.39 is 14.9 Å². The fourth-order valence-electron chi connectivity index (χ4n) is 3.20. The van der Waals surface area contributed by atoms with Gasteiger partial charge in [0.05, 0.1) is 36.0 Å². The first-order chi connectivity index (χ1) is 12.4. The van der Waals surface area contributed by atoms with Crippen LogP contribution in [0.3, 0.4) is 0 Å². The lowest BCUT2D eigenvalue weighted by atomic mass is 10.1. The zero-order valence-electron chi connectivity index (χ0n) is 14.6. The number of nitro groups is 1. The fraction of sp³-hybridized carbons (Fsp3) is 0.333. The highest BCUT2D eigenvalue weighted by molar-refractivity contribution is 7.89. The van der Waals surface area contributed by atoms with Crippen molar-refractivity contribution < 1.29 is 18.2 Å². The third-order valence-corrected chi connectivity index (χ3v) is 6.69. The Labute approximate surface area is 153 Å². The molecule has 0 spiro atoms. The van der Waals surface area contributed by atoms with Gasteiger partial charge in [-0.05, 0) is 18.6 Å². The lowest BCUT2D eigenvalue weighted by molar-refractivity contribution is -0.917. The quantitative estimate of drug-likeness (QED) is 0.623. The van der Waals surface area contributed by atoms with Crippen LogP contribution in [0.5, 0.6) is 0 Å². The largest absolute Gasteiger partial charge is 0.329 e. The van der Waals surface area contributed by atoms with Crippen LogP contribution >= 0.6 is 0 Å². The number of quaternary nitrogens is 1. The van der Waals surface area contributed by atoms with Crippen molar-refractivity contribution in [1.82, 2.24) is 4.31 Å². The van der Waals surface area contributed by atoms with Crippen molar-refractivity contribution in [1.29, 1.82) is 0 Å². The zero-order chi connectivity index (χ0) is 18.7. The Hall–Kier alpha value is -2.29. The van der Waals surface area contributed by atoms with Gasteiger partial charge in [0.15, 0.2) is 0 Å². The van der Waals surface area contributed by atoms with Gasteiger partial charge in [-0.2, -0.15) is 4.31 Å². The van der Waals surface area contributed by atoms with E-state index in [1.165, 1.54) is 38.5 Å². The molecule has 0 aromatic heterocycles. The Morgan fingerprint density at radius 3 is 2.46 bits per heavy atom. The highest BCUT2D eigenvalue weighted by Crippen LogP contribution is 2.21. The predicted molar refractivity (Wildman–Crippen MR) is 97.4 cm³/mol. The smallest absolute Gasteiger partial charge is 0.270 e. The van der Waals surface area contributed by atoms with E-state index in [0.717, 1.165) is 12.6 Å². The minimum Gasteiger partial charge on any atom is -0.329 e. The fourth-order valence-corrected chi connectivity index (χ4v) is 4.69. The van der Waals surface area contributed by atoms with Crippen LogP contribution < -0.4 is 4.90 Å². The summed E-state index contributed by atoms with van der Waals surface area (Å²) in [5.74, 6) is 0. The van der Waals surface area contributed by atoms with Crippen LogP contribution in [0.25, 0.3) is 0 Å². The second-order valence-corrected chi connectivity index (χ2v) is 8.45. The molecule has 7 nitrogen and oxygen atoms in total. The molecule has 2 aromatic rings. The average molecular weight is 376 g/mol. The highest BCUT2D eigenvalue weighted by atomic mass is 32.2. The van der Waals surface area contributed by atoms with Crippen molar-refractivity contribution in [2.75, 3.05) is 26.2 Å². The van der Waals surface area contributed by atoms with E-state index in [1.54, 1.807) is 0 Å². The Bertz CT molecular complexity index is 906. The zero-order valence-corrected chi connectivity index (χ0v) is 15.4. The molecular weight excluding hydrogens is 354 g/mol. The highest BCUT2D eigenvalue weighted by Gasteiger charge is 2.31. The Kier molecular flexibility index (Phi) is 5.36. The minimum atomic E-state index is -3.71. The van der Waals surface area contributed by atoms with Crippen LogP contribution in [0.15, 0.2) is 53.4 Å². The molecule has 1 saturated heterocycles. The van der Waals surface area contributed by atoms with Crippen LogP contribution in [0, 0.1) is 17.0 Å². The van der Waals surface area contributed by atoms with Crippen molar-refractivity contribution >= 4 is 15.7 Å². The standard InChI is InChI=1S/C18H21N3O4S/c1-15-5-2-3-6-16(15)14-19-9-11-20(12-10-19)26(24,25)18-8-4-7-17(13-18)21(22)23/h2-8,13H,9-12,14H2,1H3/p+1. The van der Waals surface area contributed by atoms with Crippen molar-refractivity contribution in [3.8, 4) is 0 Å². The van der Waals surface area contributed by atoms with Crippen LogP contribution in [0.1, 0.15) is 11.1 Å². The molecule has 2 aromatic carbocycles. The third kappa shape index (κ3) is 3.92. The molecule has 0 radical (unpaired) electrons. The molecule has 1 fully saturated rings. The van der Waals surface area contributed by atoms with E-state index in [-0.39, 0.29) is 10.6 Å². The van der Waals surface area contributed by atoms with E-state index in [1.807, 2.05) is 12.1 Å². The molecule has 1 N–H and O–H groups in total. The lowest BCUT2D eigenvalue weighted by Gasteiger charge is -2.31. The van der Waals surface area contributed by atoms with Gasteiger partial charge < -0.3 is 4.90 Å². The molecular formula is C18H22N3O4S+. The number of aryl methyl sites for hydroxylation is 1. The number of piperazine rings is 1. The van der Waals surface area contributed by atoms with E-state index in [2.05, 4.69) is 19.1 Å². The summed E-state index contributed by atoms with van der Waals surface area (Å²) < 4.78 is 27.0. The van der Waals surface area contributed by atoms with Crippen LogP contribution in [0.2, 0.25) is 0 Å². The molecule has 8 heteroatoms. The number of rotatable bonds is 5. The van der Waals surface area contributed by atoms with Crippen molar-refractivity contribution in [2.45, 2.75) is 18.4 Å². The van der Waals surface area contributed by atoms with Gasteiger partial charge in [0.1, 0.15) is 6.54 Å². The van der Waals surface area contributed by atoms with Gasteiger partial charge in [0.2, 0.25) is 10.0 Å². The van der Waals surface area contributed by atoms with E-state index >= 15 is 0 Å². The Balaban J connectivity index is 1.68. The number of hydrogen-bond acceptors (Lipinski definition) is 4. The number of nitro benzene ring substituents is 1. The molecule has 0 saturated carbocycles. The average Bonchev–Trinajstić information content (AvgIpc) is 2.64. The van der Waals surface area contributed by atoms with Gasteiger partial charge >= 0.3 is 0 Å². The second kappa shape index (κ2) is 7.53. The summed E-state index contributed by atoms with van der Waals surface area (Å²) in [7, 11) is -3.71. The number of nitrogens with zero attached hydrogens (tertiary/aromatic N) is 2. The Morgan fingerprint density at radius 2 is 1.81 bits per heavy atom. The Morgan fingerprint density at radius 1 is 1.12 bits per heavy atom. The first-order valence-corrected chi connectivity index (χ1v) is 9.94. The van der Waals surface area contributed by atoms with Gasteiger partial charge in [0.25, 0.3) is 5.69 Å². The summed E-state index contributed by atoms with van der Waals surface area (Å²) in [6.45, 7) is 5.19. The van der Waals surface area contributed by atoms with Crippen molar-refractivity contribution in [3.63, 3.8) is 0 Å². The van der Waals surface area contributed by atoms with Crippen LogP contribution in [-0.4, -0.2) is 43.8 Å². The van der Waals surface area contributed by atoms with Gasteiger partial charge in [-0.25, -0.2) is 8.42 Å². The van der Waals surface area contributed by atoms with Crippen molar-refractivity contribution in [2.24, 2.45) is 0 Å². The SMILES string of the molecule is Cc1ccccc1C[NH+]1CCN(S(=O)(=O)c2cccc([N+](=O)[O-])c2)CC1. The molecule has 0 atom stereocenters.